The van der Waals surface area contributed by atoms with Gasteiger partial charge in [0, 0.05) is 18.3 Å². The van der Waals surface area contributed by atoms with Gasteiger partial charge in [-0.1, -0.05) is 30.3 Å². The van der Waals surface area contributed by atoms with E-state index in [0.29, 0.717) is 22.4 Å². The summed E-state index contributed by atoms with van der Waals surface area (Å²) >= 11 is 0. The maximum atomic E-state index is 12.7. The topological polar surface area (TPSA) is 85.8 Å². The molecule has 0 bridgehead atoms. The van der Waals surface area contributed by atoms with Crippen molar-refractivity contribution in [2.45, 2.75) is 6.92 Å². The number of carbonyl (C=O) groups is 1. The van der Waals surface area contributed by atoms with Crippen molar-refractivity contribution < 1.29 is 9.21 Å². The Hall–Kier alpha value is -3.48. The molecule has 0 atom stereocenters. The molecule has 1 aromatic carbocycles. The monoisotopic (exact) mass is 333 g/mol. The third kappa shape index (κ3) is 2.76. The first-order chi connectivity index (χ1) is 12.1. The highest BCUT2D eigenvalue weighted by atomic mass is 16.4. The molecule has 3 aromatic heterocycles. The van der Waals surface area contributed by atoms with Crippen molar-refractivity contribution in [3.05, 3.63) is 60.0 Å². The van der Waals surface area contributed by atoms with E-state index in [-0.39, 0.29) is 11.9 Å². The number of pyridine rings is 1. The molecule has 7 nitrogen and oxygen atoms in total. The van der Waals surface area contributed by atoms with Crippen LogP contribution in [-0.2, 0) is 7.05 Å². The molecule has 1 N–H and O–H groups in total. The number of hydrogen-bond acceptors (Lipinski definition) is 5. The summed E-state index contributed by atoms with van der Waals surface area (Å²) in [5.74, 6) is 0.276. The number of anilines is 1. The van der Waals surface area contributed by atoms with Gasteiger partial charge in [-0.05, 0) is 13.0 Å². The van der Waals surface area contributed by atoms with Gasteiger partial charge >= 0.3 is 6.01 Å². The summed E-state index contributed by atoms with van der Waals surface area (Å²) in [6, 6.07) is 11.4. The predicted molar refractivity (Wildman–Crippen MR) is 93.1 cm³/mol. The standard InChI is InChI=1S/C18H15N5O2/c1-11-8-13(14-9-20-23(2)16(14)21-11)17(24)22-18-19-10-15(25-18)12-6-4-3-5-7-12/h3-10H,1-2H3,(H,19,22,24). The average Bonchev–Trinajstić information content (AvgIpc) is 3.22. The zero-order chi connectivity index (χ0) is 17.4. The zero-order valence-corrected chi connectivity index (χ0v) is 13.7. The molecule has 0 fully saturated rings. The molecule has 4 rings (SSSR count). The van der Waals surface area contributed by atoms with Gasteiger partial charge in [0.05, 0.1) is 23.3 Å². The second-order valence-electron chi connectivity index (χ2n) is 5.67. The van der Waals surface area contributed by atoms with Gasteiger partial charge < -0.3 is 4.42 Å². The molecule has 1 amide bonds. The molecule has 0 radical (unpaired) electrons. The molecule has 124 valence electrons. The van der Waals surface area contributed by atoms with Gasteiger partial charge in [0.25, 0.3) is 5.91 Å². The Balaban J connectivity index is 1.64. The number of oxazole rings is 1. The summed E-state index contributed by atoms with van der Waals surface area (Å²) in [7, 11) is 1.79. The second-order valence-corrected chi connectivity index (χ2v) is 5.67. The highest BCUT2D eigenvalue weighted by Gasteiger charge is 2.17. The SMILES string of the molecule is Cc1cc(C(=O)Nc2ncc(-c3ccccc3)o2)c2cnn(C)c2n1. The fraction of sp³-hybridized carbons (Fsp3) is 0.111. The Morgan fingerprint density at radius 2 is 2.00 bits per heavy atom. The molecule has 0 spiro atoms. The van der Waals surface area contributed by atoms with E-state index in [2.05, 4.69) is 20.4 Å². The van der Waals surface area contributed by atoms with Crippen LogP contribution in [0.25, 0.3) is 22.4 Å². The number of carbonyl (C=O) groups excluding carboxylic acids is 1. The van der Waals surface area contributed by atoms with Crippen molar-refractivity contribution in [1.82, 2.24) is 19.7 Å². The van der Waals surface area contributed by atoms with Crippen molar-refractivity contribution in [2.75, 3.05) is 5.32 Å². The minimum absolute atomic E-state index is 0.148. The van der Waals surface area contributed by atoms with Gasteiger partial charge in [-0.15, -0.1) is 0 Å². The van der Waals surface area contributed by atoms with Gasteiger partial charge in [-0.3, -0.25) is 14.8 Å². The maximum absolute atomic E-state index is 12.7. The van der Waals surface area contributed by atoms with Crippen molar-refractivity contribution in [3.8, 4) is 11.3 Å². The van der Waals surface area contributed by atoms with Crippen LogP contribution in [0.1, 0.15) is 16.1 Å². The van der Waals surface area contributed by atoms with Crippen LogP contribution < -0.4 is 5.32 Å². The molecule has 0 unspecified atom stereocenters. The summed E-state index contributed by atoms with van der Waals surface area (Å²) in [5.41, 5.74) is 2.76. The highest BCUT2D eigenvalue weighted by molar-refractivity contribution is 6.11. The molecule has 3 heterocycles. The van der Waals surface area contributed by atoms with Gasteiger partial charge in [-0.25, -0.2) is 9.97 Å². The van der Waals surface area contributed by atoms with E-state index in [0.717, 1.165) is 11.3 Å². The quantitative estimate of drug-likeness (QED) is 0.622. The Bertz CT molecular complexity index is 1070. The number of aromatic nitrogens is 4. The van der Waals surface area contributed by atoms with Crippen molar-refractivity contribution in [1.29, 1.82) is 0 Å². The van der Waals surface area contributed by atoms with Crippen LogP contribution in [-0.4, -0.2) is 25.7 Å². The second kappa shape index (κ2) is 5.86. The van der Waals surface area contributed by atoms with E-state index >= 15 is 0 Å². The molecule has 0 aliphatic carbocycles. The highest BCUT2D eigenvalue weighted by Crippen LogP contribution is 2.23. The van der Waals surface area contributed by atoms with Gasteiger partial charge in [0.15, 0.2) is 11.4 Å². The van der Waals surface area contributed by atoms with E-state index in [1.165, 1.54) is 0 Å². The summed E-state index contributed by atoms with van der Waals surface area (Å²) in [5, 5.41) is 7.54. The number of rotatable bonds is 3. The zero-order valence-electron chi connectivity index (χ0n) is 13.7. The average molecular weight is 333 g/mol. The lowest BCUT2D eigenvalue weighted by molar-refractivity contribution is 0.102. The molecule has 7 heteroatoms. The molecule has 0 aliphatic rings. The van der Waals surface area contributed by atoms with E-state index in [1.807, 2.05) is 37.3 Å². The largest absolute Gasteiger partial charge is 0.423 e. The van der Waals surface area contributed by atoms with E-state index in [1.54, 1.807) is 30.2 Å². The number of fused-ring (bicyclic) bond motifs is 1. The van der Waals surface area contributed by atoms with Crippen molar-refractivity contribution in [2.24, 2.45) is 7.05 Å². The fourth-order valence-electron chi connectivity index (χ4n) is 2.66. The Kier molecular flexibility index (Phi) is 3.53. The number of benzene rings is 1. The lowest BCUT2D eigenvalue weighted by atomic mass is 10.1. The molecule has 4 aromatic rings. The number of hydrogen-bond donors (Lipinski definition) is 1. The summed E-state index contributed by atoms with van der Waals surface area (Å²) in [4.78, 5) is 21.2. The number of nitrogens with zero attached hydrogens (tertiary/aromatic N) is 4. The summed E-state index contributed by atoms with van der Waals surface area (Å²) < 4.78 is 7.27. The normalized spacial score (nSPS) is 11.0. The molecular formula is C18H15N5O2. The molecule has 25 heavy (non-hydrogen) atoms. The molecule has 0 saturated heterocycles. The van der Waals surface area contributed by atoms with Crippen molar-refractivity contribution >= 4 is 23.0 Å². The third-order valence-electron chi connectivity index (χ3n) is 3.86. The summed E-state index contributed by atoms with van der Waals surface area (Å²) in [6.45, 7) is 1.84. The van der Waals surface area contributed by atoms with Crippen LogP contribution in [0, 0.1) is 6.92 Å². The number of aryl methyl sites for hydroxylation is 2. The van der Waals surface area contributed by atoms with Gasteiger partial charge in [0.2, 0.25) is 0 Å². The van der Waals surface area contributed by atoms with Crippen LogP contribution in [0.3, 0.4) is 0 Å². The first-order valence-electron chi connectivity index (χ1n) is 7.74. The van der Waals surface area contributed by atoms with Crippen LogP contribution in [0.5, 0.6) is 0 Å². The van der Waals surface area contributed by atoms with E-state index in [4.69, 9.17) is 4.42 Å². The van der Waals surface area contributed by atoms with E-state index < -0.39 is 0 Å². The predicted octanol–water partition coefficient (Wildman–Crippen LogP) is 3.18. The summed E-state index contributed by atoms with van der Waals surface area (Å²) in [6.07, 6.45) is 3.21. The Labute approximate surface area is 143 Å². The minimum atomic E-state index is -0.315. The van der Waals surface area contributed by atoms with Crippen LogP contribution in [0.15, 0.2) is 53.2 Å². The minimum Gasteiger partial charge on any atom is -0.423 e. The fourth-order valence-corrected chi connectivity index (χ4v) is 2.66. The van der Waals surface area contributed by atoms with Crippen LogP contribution >= 0.6 is 0 Å². The first-order valence-corrected chi connectivity index (χ1v) is 7.74. The molecular weight excluding hydrogens is 318 g/mol. The molecule has 0 saturated carbocycles. The van der Waals surface area contributed by atoms with E-state index in [9.17, 15) is 4.79 Å². The number of nitrogens with one attached hydrogen (secondary N) is 1. The smallest absolute Gasteiger partial charge is 0.302 e. The van der Waals surface area contributed by atoms with Gasteiger partial charge in [0.1, 0.15) is 0 Å². The Morgan fingerprint density at radius 3 is 2.80 bits per heavy atom. The van der Waals surface area contributed by atoms with Crippen LogP contribution in [0.4, 0.5) is 6.01 Å². The third-order valence-corrected chi connectivity index (χ3v) is 3.86. The maximum Gasteiger partial charge on any atom is 0.302 e. The lowest BCUT2D eigenvalue weighted by Crippen LogP contribution is -2.13. The van der Waals surface area contributed by atoms with Crippen molar-refractivity contribution in [3.63, 3.8) is 0 Å². The first kappa shape index (κ1) is 15.1. The number of amides is 1. The lowest BCUT2D eigenvalue weighted by Gasteiger charge is -2.04. The van der Waals surface area contributed by atoms with Gasteiger partial charge in [-0.2, -0.15) is 5.10 Å². The van der Waals surface area contributed by atoms with Crippen LogP contribution in [0.2, 0.25) is 0 Å². The Morgan fingerprint density at radius 1 is 1.20 bits per heavy atom. The molecule has 0 aliphatic heterocycles.